The Labute approximate surface area is 737 Å². The molecule has 0 rings (SSSR count). The van der Waals surface area contributed by atoms with Gasteiger partial charge in [-0.15, -0.1) is 0 Å². The molecule has 0 bridgehead atoms. The van der Waals surface area contributed by atoms with E-state index in [1.54, 1.807) is 0 Å². The standard InChI is InChI=1S/C103H170O16P2/c1-4-7-10-13-16-19-22-25-28-31-34-36-38-40-42-44-46-48-50-52-54-56-58-60-63-65-68-71-74-77-80-83-86-89-101(106)113-92-98(104)93-115-120(109,110)116-94-99(105)95-117-121(111,112)118-97-100(119-103(108)91-88-85-82-79-76-73-70-67-62-33-30-27-24-21-18-15-12-9-6-3)96-114-102(107)90-87-84-81-78-75-72-69-66-64-61-59-57-55-53-51-49-47-45-43-41-39-37-35-32-29-26-23-20-17-14-11-8-5-2/h7-12,16-21,25-30,34-37,40-43,46,48,62,67,73,76,82,85,98-100,104-105H,4-6,13-15,22-24,31-33,38-39,44-45,47,49-61,63-66,68-72,74-75,77-81,83-84,86-97H2,1-3H3,(H,109,110)(H,111,112)/b10-7-,11-8-,12-9-,19-16-,20-17-,21-18-,28-25-,29-26-,30-27-,36-34-,37-35-,42-40-,43-41-,48-46-,67-62-,76-73-,85-82-. The summed E-state index contributed by atoms with van der Waals surface area (Å²) in [6.07, 6.45) is 126. The zero-order chi connectivity index (χ0) is 87.9. The fourth-order valence-electron chi connectivity index (χ4n) is 12.5. The van der Waals surface area contributed by atoms with Crippen molar-refractivity contribution in [2.45, 2.75) is 386 Å². The molecule has 0 spiro atoms. The number of hydrogen-bond donors (Lipinski definition) is 4. The largest absolute Gasteiger partial charge is 0.472 e. The molecule has 0 heterocycles. The van der Waals surface area contributed by atoms with Crippen LogP contribution in [0.2, 0.25) is 0 Å². The number of aliphatic hydroxyl groups excluding tert-OH is 2. The molecule has 0 aliphatic heterocycles. The summed E-state index contributed by atoms with van der Waals surface area (Å²) in [5.74, 6) is -1.67. The molecule has 688 valence electrons. The molecule has 0 aromatic heterocycles. The maximum atomic E-state index is 13.0. The number of rotatable bonds is 88. The molecule has 0 fully saturated rings. The van der Waals surface area contributed by atoms with Gasteiger partial charge in [0.1, 0.15) is 25.4 Å². The number of aliphatic hydroxyl groups is 2. The SMILES string of the molecule is CC/C=C\C/C=C\C/C=C\C/C=C\C/C=C\C/C=C\CCCCCCCCCCCCCCCCC(=O)OCC(O)COP(=O)(O)OCC(O)COP(=O)(O)OCC(COC(=O)CCCCCCCCCCCCCCCCCCC/C=C\C/C=C\C/C=C\C/C=C\C/C=C\CC)OC(=O)CC/C=C\C/C=C\C/C=C\C/C=C\C/C=C\C/C=C\CC. The van der Waals surface area contributed by atoms with Crippen LogP contribution >= 0.6 is 15.6 Å². The van der Waals surface area contributed by atoms with Crippen LogP contribution in [0.5, 0.6) is 0 Å². The molecule has 0 aliphatic carbocycles. The second-order valence-electron chi connectivity index (χ2n) is 31.0. The average molecular weight is 1730 g/mol. The summed E-state index contributed by atoms with van der Waals surface area (Å²) in [5, 5.41) is 20.7. The number of hydrogen-bond acceptors (Lipinski definition) is 14. The van der Waals surface area contributed by atoms with Gasteiger partial charge in [-0.05, 0) is 154 Å². The van der Waals surface area contributed by atoms with Gasteiger partial charge in [-0.2, -0.15) is 0 Å². The van der Waals surface area contributed by atoms with Crippen LogP contribution in [0.25, 0.3) is 0 Å². The first-order valence-electron chi connectivity index (χ1n) is 47.4. The van der Waals surface area contributed by atoms with E-state index in [4.69, 9.17) is 32.3 Å². The van der Waals surface area contributed by atoms with Crippen molar-refractivity contribution in [3.8, 4) is 0 Å². The Balaban J connectivity index is 4.57. The highest BCUT2D eigenvalue weighted by atomic mass is 31.2. The lowest BCUT2D eigenvalue weighted by atomic mass is 10.0. The van der Waals surface area contributed by atoms with E-state index in [2.05, 4.69) is 209 Å². The fraction of sp³-hybridized carbons (Fsp3) is 0.641. The van der Waals surface area contributed by atoms with Gasteiger partial charge in [0.15, 0.2) is 6.10 Å². The van der Waals surface area contributed by atoms with Crippen molar-refractivity contribution in [3.05, 3.63) is 207 Å². The van der Waals surface area contributed by atoms with Crippen LogP contribution in [0.1, 0.15) is 367 Å². The minimum atomic E-state index is -4.97. The van der Waals surface area contributed by atoms with Gasteiger partial charge in [0.2, 0.25) is 0 Å². The average Bonchev–Trinajstić information content (AvgIpc) is 0.895. The lowest BCUT2D eigenvalue weighted by Gasteiger charge is -2.21. The lowest BCUT2D eigenvalue weighted by molar-refractivity contribution is -0.161. The monoisotopic (exact) mass is 1730 g/mol. The van der Waals surface area contributed by atoms with E-state index < -0.39 is 91.5 Å². The number of allylic oxidation sites excluding steroid dienone is 34. The topological polar surface area (TPSA) is 231 Å². The Hall–Kier alpha value is -5.87. The quantitative estimate of drug-likeness (QED) is 0.0146. The molecule has 0 radical (unpaired) electrons. The van der Waals surface area contributed by atoms with Gasteiger partial charge in [0, 0.05) is 19.3 Å². The third-order valence-corrected chi connectivity index (χ3v) is 21.4. The van der Waals surface area contributed by atoms with Gasteiger partial charge in [0.05, 0.1) is 26.4 Å². The second-order valence-corrected chi connectivity index (χ2v) is 33.9. The zero-order valence-corrected chi connectivity index (χ0v) is 77.7. The summed E-state index contributed by atoms with van der Waals surface area (Å²) >= 11 is 0. The molecule has 0 aliphatic rings. The van der Waals surface area contributed by atoms with Crippen LogP contribution in [0.3, 0.4) is 0 Å². The van der Waals surface area contributed by atoms with Crippen LogP contribution in [-0.2, 0) is 55.8 Å². The van der Waals surface area contributed by atoms with Gasteiger partial charge in [-0.25, -0.2) is 9.13 Å². The predicted molar refractivity (Wildman–Crippen MR) is 509 cm³/mol. The van der Waals surface area contributed by atoms with E-state index in [0.29, 0.717) is 25.7 Å². The Kier molecular flexibility index (Phi) is 88.8. The Morgan fingerprint density at radius 2 is 0.430 bits per heavy atom. The minimum absolute atomic E-state index is 0.0253. The molecule has 5 atom stereocenters. The molecular weight excluding hydrogens is 1560 g/mol. The molecule has 18 heteroatoms. The molecule has 121 heavy (non-hydrogen) atoms. The maximum absolute atomic E-state index is 13.0. The van der Waals surface area contributed by atoms with Gasteiger partial charge in [-0.3, -0.25) is 32.5 Å². The van der Waals surface area contributed by atoms with Gasteiger partial charge < -0.3 is 34.2 Å². The normalized spacial score (nSPS) is 14.7. The number of unbranched alkanes of at least 4 members (excludes halogenated alkanes) is 31. The van der Waals surface area contributed by atoms with E-state index in [1.807, 2.05) is 18.2 Å². The van der Waals surface area contributed by atoms with E-state index >= 15 is 0 Å². The second kappa shape index (κ2) is 93.3. The number of carbonyl (C=O) groups excluding carboxylic acids is 3. The highest BCUT2D eigenvalue weighted by Gasteiger charge is 2.29. The summed E-state index contributed by atoms with van der Waals surface area (Å²) in [5.41, 5.74) is 0. The smallest absolute Gasteiger partial charge is 0.463 e. The molecule has 0 aromatic rings. The number of phosphoric acid groups is 2. The number of ether oxygens (including phenoxy) is 3. The van der Waals surface area contributed by atoms with Gasteiger partial charge >= 0.3 is 33.6 Å². The van der Waals surface area contributed by atoms with Crippen LogP contribution in [-0.4, -0.2) is 95.9 Å². The summed E-state index contributed by atoms with van der Waals surface area (Å²) < 4.78 is 61.4. The van der Waals surface area contributed by atoms with Crippen molar-refractivity contribution in [2.24, 2.45) is 0 Å². The Morgan fingerprint density at radius 1 is 0.231 bits per heavy atom. The molecule has 5 unspecified atom stereocenters. The van der Waals surface area contributed by atoms with Crippen molar-refractivity contribution in [1.29, 1.82) is 0 Å². The summed E-state index contributed by atoms with van der Waals surface area (Å²) in [6, 6.07) is 0. The number of esters is 3. The van der Waals surface area contributed by atoms with Crippen LogP contribution < -0.4 is 0 Å². The van der Waals surface area contributed by atoms with E-state index in [0.717, 1.165) is 154 Å². The van der Waals surface area contributed by atoms with E-state index in [9.17, 15) is 43.5 Å². The minimum Gasteiger partial charge on any atom is -0.463 e. The first-order valence-corrected chi connectivity index (χ1v) is 50.4. The van der Waals surface area contributed by atoms with Crippen LogP contribution in [0, 0.1) is 0 Å². The summed E-state index contributed by atoms with van der Waals surface area (Å²) in [4.78, 5) is 59.0. The Bertz CT molecular complexity index is 3030. The molecular formula is C103H170O16P2. The van der Waals surface area contributed by atoms with Crippen molar-refractivity contribution >= 4 is 33.6 Å². The van der Waals surface area contributed by atoms with Crippen LogP contribution in [0.15, 0.2) is 207 Å². The first kappa shape index (κ1) is 115. The van der Waals surface area contributed by atoms with Crippen LogP contribution in [0.4, 0.5) is 0 Å². The fourth-order valence-corrected chi connectivity index (χ4v) is 14.0. The zero-order valence-electron chi connectivity index (χ0n) is 75.9. The van der Waals surface area contributed by atoms with Gasteiger partial charge in [0.25, 0.3) is 0 Å². The van der Waals surface area contributed by atoms with Gasteiger partial charge in [-0.1, -0.05) is 401 Å². The predicted octanol–water partition coefficient (Wildman–Crippen LogP) is 29.6. The maximum Gasteiger partial charge on any atom is 0.472 e. The Morgan fingerprint density at radius 3 is 0.686 bits per heavy atom. The molecule has 0 amide bonds. The number of carbonyl (C=O) groups is 3. The molecule has 16 nitrogen and oxygen atoms in total. The first-order chi connectivity index (χ1) is 59.2. The summed E-state index contributed by atoms with van der Waals surface area (Å²) in [7, 11) is -9.84. The molecule has 0 saturated carbocycles. The lowest BCUT2D eigenvalue weighted by Crippen LogP contribution is -2.29. The highest BCUT2D eigenvalue weighted by molar-refractivity contribution is 7.47. The third kappa shape index (κ3) is 94.6. The van der Waals surface area contributed by atoms with Crippen molar-refractivity contribution < 1.29 is 75.8 Å². The van der Waals surface area contributed by atoms with Crippen molar-refractivity contribution in [2.75, 3.05) is 39.6 Å². The molecule has 4 N–H and O–H groups in total. The molecule has 0 aromatic carbocycles. The van der Waals surface area contributed by atoms with E-state index in [-0.39, 0.29) is 19.3 Å². The third-order valence-electron chi connectivity index (χ3n) is 19.5. The van der Waals surface area contributed by atoms with Crippen molar-refractivity contribution in [3.63, 3.8) is 0 Å². The van der Waals surface area contributed by atoms with Crippen molar-refractivity contribution in [1.82, 2.24) is 0 Å². The number of phosphoric ester groups is 2. The van der Waals surface area contributed by atoms with E-state index in [1.165, 1.54) is 148 Å². The molecule has 0 saturated heterocycles. The highest BCUT2D eigenvalue weighted by Crippen LogP contribution is 2.45. The summed E-state index contributed by atoms with van der Waals surface area (Å²) in [6.45, 7) is 2.28.